The second-order valence-electron chi connectivity index (χ2n) is 12.0. The first-order chi connectivity index (χ1) is 22.4. The topological polar surface area (TPSA) is 144 Å². The van der Waals surface area contributed by atoms with Gasteiger partial charge in [-0.15, -0.1) is 0 Å². The first-order valence-electron chi connectivity index (χ1n) is 16.0. The lowest BCUT2D eigenvalue weighted by Gasteiger charge is -2.33. The van der Waals surface area contributed by atoms with Crippen LogP contribution in [0.3, 0.4) is 0 Å². The smallest absolute Gasteiger partial charge is 0.271 e. The number of aromatic nitrogens is 1. The second-order valence-corrected chi connectivity index (χ2v) is 12.0. The molecule has 12 heteroatoms. The third-order valence-corrected chi connectivity index (χ3v) is 8.51. The van der Waals surface area contributed by atoms with Crippen molar-refractivity contribution in [3.8, 4) is 0 Å². The van der Waals surface area contributed by atoms with Gasteiger partial charge in [-0.25, -0.2) is 4.99 Å². The summed E-state index contributed by atoms with van der Waals surface area (Å²) < 4.78 is 0. The van der Waals surface area contributed by atoms with Crippen molar-refractivity contribution in [1.29, 1.82) is 0 Å². The van der Waals surface area contributed by atoms with Crippen LogP contribution < -0.4 is 10.6 Å². The van der Waals surface area contributed by atoms with Crippen LogP contribution in [0.2, 0.25) is 0 Å². The van der Waals surface area contributed by atoms with Crippen LogP contribution in [0.15, 0.2) is 75.7 Å². The number of hydrogen-bond acceptors (Lipinski definition) is 10. The molecule has 3 N–H and O–H groups in total. The number of pyridine rings is 1. The van der Waals surface area contributed by atoms with Gasteiger partial charge in [-0.2, -0.15) is 0 Å². The summed E-state index contributed by atoms with van der Waals surface area (Å²) in [6.45, 7) is 7.23. The number of benzene rings is 1. The van der Waals surface area contributed by atoms with E-state index < -0.39 is 12.0 Å². The average Bonchev–Trinajstić information content (AvgIpc) is 3.93. The molecular formula is C34H44N8O4. The number of carbonyl (C=O) groups excluding carboxylic acids is 2. The Morgan fingerprint density at radius 1 is 1.11 bits per heavy atom. The van der Waals surface area contributed by atoms with E-state index >= 15 is 0 Å². The molecule has 0 unspecified atom stereocenters. The minimum absolute atomic E-state index is 0.0418. The van der Waals surface area contributed by atoms with Gasteiger partial charge in [-0.3, -0.25) is 24.5 Å². The molecule has 1 aromatic heterocycles. The summed E-state index contributed by atoms with van der Waals surface area (Å²) in [6, 6.07) is 14.0. The maximum absolute atomic E-state index is 13.3. The van der Waals surface area contributed by atoms with Crippen LogP contribution in [0, 0.1) is 5.92 Å². The minimum atomic E-state index is -0.711. The molecule has 1 atom stereocenters. The van der Waals surface area contributed by atoms with E-state index in [-0.39, 0.29) is 36.7 Å². The summed E-state index contributed by atoms with van der Waals surface area (Å²) in [5.74, 6) is 0.0964. The van der Waals surface area contributed by atoms with Gasteiger partial charge >= 0.3 is 0 Å². The summed E-state index contributed by atoms with van der Waals surface area (Å²) in [4.78, 5) is 48.2. The lowest BCUT2D eigenvalue weighted by Crippen LogP contribution is -2.47. The van der Waals surface area contributed by atoms with Crippen molar-refractivity contribution in [3.05, 3.63) is 77.4 Å². The average molecular weight is 629 g/mol. The van der Waals surface area contributed by atoms with Crippen molar-refractivity contribution in [2.45, 2.75) is 57.4 Å². The number of carbonyl (C=O) groups is 2. The maximum atomic E-state index is 13.3. The molecule has 2 fully saturated rings. The molecule has 1 aliphatic carbocycles. The van der Waals surface area contributed by atoms with Gasteiger partial charge in [0.25, 0.3) is 11.8 Å². The quantitative estimate of drug-likeness (QED) is 0.215. The summed E-state index contributed by atoms with van der Waals surface area (Å²) in [5.41, 5.74) is 4.05. The van der Waals surface area contributed by atoms with Crippen LogP contribution in [0.4, 0.5) is 0 Å². The Bertz CT molecular complexity index is 1450. The van der Waals surface area contributed by atoms with Crippen molar-refractivity contribution in [3.63, 3.8) is 0 Å². The fourth-order valence-corrected chi connectivity index (χ4v) is 5.76. The van der Waals surface area contributed by atoms with Gasteiger partial charge in [-0.05, 0) is 62.1 Å². The Labute approximate surface area is 270 Å². The minimum Gasteiger partial charge on any atom is -0.390 e. The highest BCUT2D eigenvalue weighted by Crippen LogP contribution is 2.32. The predicted molar refractivity (Wildman–Crippen MR) is 177 cm³/mol. The number of nitrogens with one attached hydrogen (secondary N) is 2. The van der Waals surface area contributed by atoms with E-state index in [9.17, 15) is 14.7 Å². The van der Waals surface area contributed by atoms with Crippen molar-refractivity contribution in [2.75, 3.05) is 39.8 Å². The van der Waals surface area contributed by atoms with Gasteiger partial charge in [0, 0.05) is 70.5 Å². The lowest BCUT2D eigenvalue weighted by molar-refractivity contribution is -0.125. The Balaban J connectivity index is 1.06. The summed E-state index contributed by atoms with van der Waals surface area (Å²) in [5, 5.41) is 21.0. The Kier molecular flexibility index (Phi) is 11.6. The molecule has 0 spiro atoms. The molecular weight excluding hydrogens is 584 g/mol. The highest BCUT2D eigenvalue weighted by molar-refractivity contribution is 6.43. The summed E-state index contributed by atoms with van der Waals surface area (Å²) in [6.07, 6.45) is 6.77. The maximum Gasteiger partial charge on any atom is 0.271 e. The van der Waals surface area contributed by atoms with E-state index in [4.69, 9.17) is 4.84 Å². The number of aliphatic hydroxyl groups is 1. The van der Waals surface area contributed by atoms with Crippen molar-refractivity contribution < 1.29 is 19.5 Å². The van der Waals surface area contributed by atoms with E-state index in [1.54, 1.807) is 12.3 Å². The van der Waals surface area contributed by atoms with Gasteiger partial charge in [0.15, 0.2) is 6.61 Å². The number of aliphatic imine (C=N–C) groups is 2. The molecule has 46 heavy (non-hydrogen) atoms. The normalized spacial score (nSPS) is 18.8. The molecule has 244 valence electrons. The Hall–Kier alpha value is -4.42. The third kappa shape index (κ3) is 9.30. The highest BCUT2D eigenvalue weighted by atomic mass is 16.6. The van der Waals surface area contributed by atoms with Crippen LogP contribution in [0.1, 0.15) is 42.5 Å². The molecule has 1 aromatic carbocycles. The van der Waals surface area contributed by atoms with Gasteiger partial charge < -0.3 is 25.5 Å². The number of hydrogen-bond donors (Lipinski definition) is 3. The monoisotopic (exact) mass is 628 g/mol. The van der Waals surface area contributed by atoms with E-state index in [2.05, 4.69) is 60.6 Å². The lowest BCUT2D eigenvalue weighted by atomic mass is 10.00. The standard InChI is InChI=1S/C34H44N8O4/c1-35-30(33(44)38-20-29(43)22-41-16-12-24-7-3-4-8-26(24)21-41)19-31(36-2)39-27-13-17-42(18-14-27)34(45)32(25-10-11-25)40-46-23-28-9-5-6-15-37-28/h3-9,15,19,25,27,29,39,43H,2,10-14,16-18,20-23H2,1H3,(H,38,44)/b31-19+,35-30+,40-32?/t29-/m0/s1. The van der Waals surface area contributed by atoms with Gasteiger partial charge in [-0.1, -0.05) is 35.5 Å². The number of amides is 2. The van der Waals surface area contributed by atoms with Gasteiger partial charge in [0.1, 0.15) is 17.2 Å². The highest BCUT2D eigenvalue weighted by Gasteiger charge is 2.36. The van der Waals surface area contributed by atoms with Crippen LogP contribution in [0.25, 0.3) is 0 Å². The van der Waals surface area contributed by atoms with Crippen molar-refractivity contribution >= 4 is 30.0 Å². The number of fused-ring (bicyclic) bond motifs is 1. The number of β-amino-alcohol motifs (C(OH)–C–C–N with tert-alkyl or cyclic N) is 1. The third-order valence-electron chi connectivity index (χ3n) is 8.51. The van der Waals surface area contributed by atoms with Crippen LogP contribution >= 0.6 is 0 Å². The van der Waals surface area contributed by atoms with E-state index in [0.29, 0.717) is 44.0 Å². The Morgan fingerprint density at radius 2 is 1.87 bits per heavy atom. The number of piperidine rings is 1. The summed E-state index contributed by atoms with van der Waals surface area (Å²) >= 11 is 0. The first-order valence-corrected chi connectivity index (χ1v) is 16.0. The zero-order chi connectivity index (χ0) is 32.3. The number of likely N-dealkylation sites (tertiary alicyclic amines) is 1. The summed E-state index contributed by atoms with van der Waals surface area (Å²) in [7, 11) is 1.54. The number of rotatable bonds is 14. The zero-order valence-corrected chi connectivity index (χ0v) is 26.5. The molecule has 12 nitrogen and oxygen atoms in total. The fraction of sp³-hybridized carbons (Fsp3) is 0.471. The molecule has 2 aliphatic heterocycles. The molecule has 2 amide bonds. The van der Waals surface area contributed by atoms with Crippen LogP contribution in [-0.2, 0) is 34.0 Å². The predicted octanol–water partition coefficient (Wildman–Crippen LogP) is 2.09. The SMILES string of the molecule is C=N/C(=C\C(=N/C)C(=O)NC[C@H](O)CN1CCc2ccccc2C1)NC1CCN(C(=O)C(=NOCc2ccccn2)C2CC2)CC1. The molecule has 1 saturated carbocycles. The van der Waals surface area contributed by atoms with Gasteiger partial charge in [0.05, 0.1) is 11.8 Å². The molecule has 3 aliphatic rings. The van der Waals surface area contributed by atoms with Crippen molar-refractivity contribution in [1.82, 2.24) is 25.4 Å². The van der Waals surface area contributed by atoms with E-state index in [1.807, 2.05) is 29.2 Å². The number of nitrogens with zero attached hydrogens (tertiary/aromatic N) is 6. The fourth-order valence-electron chi connectivity index (χ4n) is 5.76. The first kappa shape index (κ1) is 33.0. The number of oxime groups is 1. The molecule has 2 aromatic rings. The van der Waals surface area contributed by atoms with E-state index in [1.165, 1.54) is 18.2 Å². The molecule has 0 bridgehead atoms. The van der Waals surface area contributed by atoms with Crippen LogP contribution in [0.5, 0.6) is 0 Å². The van der Waals surface area contributed by atoms with Gasteiger partial charge in [0.2, 0.25) is 0 Å². The molecule has 1 saturated heterocycles. The van der Waals surface area contributed by atoms with E-state index in [0.717, 1.165) is 38.0 Å². The van der Waals surface area contributed by atoms with Crippen LogP contribution in [-0.4, -0.2) is 102 Å². The molecule has 5 rings (SSSR count). The second kappa shape index (κ2) is 16.2. The zero-order valence-electron chi connectivity index (χ0n) is 26.5. The molecule has 0 radical (unpaired) electrons. The Morgan fingerprint density at radius 3 is 2.57 bits per heavy atom. The number of aliphatic hydroxyl groups excluding tert-OH is 1. The largest absolute Gasteiger partial charge is 0.390 e. The molecule has 3 heterocycles. The van der Waals surface area contributed by atoms with Crippen molar-refractivity contribution in [2.24, 2.45) is 21.1 Å².